The van der Waals surface area contributed by atoms with Gasteiger partial charge < -0.3 is 15.5 Å². The molecule has 1 aliphatic rings. The molecule has 0 atom stereocenters. The summed E-state index contributed by atoms with van der Waals surface area (Å²) in [5.74, 6) is -1.23. The number of benzene rings is 1. The smallest absolute Gasteiger partial charge is 0.261 e. The Morgan fingerprint density at radius 1 is 1.09 bits per heavy atom. The average Bonchev–Trinajstić information content (AvgIpc) is 3.51. The Balaban J connectivity index is 1.15. The van der Waals surface area contributed by atoms with Crippen molar-refractivity contribution in [3.05, 3.63) is 81.2 Å². The number of carbonyl (C=O) groups excluding carboxylic acids is 3. The number of halogens is 1. The molecule has 3 aromatic heterocycles. The van der Waals surface area contributed by atoms with Crippen LogP contribution in [0.2, 0.25) is 0 Å². The van der Waals surface area contributed by atoms with Crippen molar-refractivity contribution in [3.8, 4) is 0 Å². The van der Waals surface area contributed by atoms with Gasteiger partial charge in [0, 0.05) is 41.7 Å². The number of thiophene rings is 1. The first kappa shape index (κ1) is 22.7. The number of nitrogens with one attached hydrogen (secondary N) is 3. The minimum atomic E-state index is -0.455. The molecule has 0 aliphatic carbocycles. The normalized spacial score (nSPS) is 12.9. The number of nitrogens with zero attached hydrogens (tertiary/aromatic N) is 3. The van der Waals surface area contributed by atoms with Crippen molar-refractivity contribution >= 4 is 40.0 Å². The third-order valence-electron chi connectivity index (χ3n) is 5.76. The molecule has 35 heavy (non-hydrogen) atoms. The third kappa shape index (κ3) is 5.04. The molecule has 4 aromatic rings. The molecule has 9 nitrogen and oxygen atoms in total. The number of hydrogen-bond donors (Lipinski definition) is 3. The molecule has 178 valence electrons. The van der Waals surface area contributed by atoms with Crippen LogP contribution in [0.25, 0.3) is 10.9 Å². The first-order valence-electron chi connectivity index (χ1n) is 10.9. The van der Waals surface area contributed by atoms with Gasteiger partial charge >= 0.3 is 0 Å². The molecule has 5 rings (SSSR count). The van der Waals surface area contributed by atoms with E-state index in [2.05, 4.69) is 25.8 Å². The van der Waals surface area contributed by atoms with Gasteiger partial charge in [0.15, 0.2) is 0 Å². The minimum absolute atomic E-state index is 0.114. The van der Waals surface area contributed by atoms with Gasteiger partial charge in [-0.2, -0.15) is 5.10 Å². The highest BCUT2D eigenvalue weighted by Crippen LogP contribution is 2.28. The van der Waals surface area contributed by atoms with E-state index in [0.717, 1.165) is 27.5 Å². The lowest BCUT2D eigenvalue weighted by Crippen LogP contribution is -2.42. The maximum absolute atomic E-state index is 13.3. The van der Waals surface area contributed by atoms with Gasteiger partial charge in [-0.05, 0) is 47.9 Å². The minimum Gasteiger partial charge on any atom is -0.347 e. The molecule has 4 heterocycles. The van der Waals surface area contributed by atoms with E-state index in [1.165, 1.54) is 23.6 Å². The number of hydrogen-bond acceptors (Lipinski definition) is 6. The first-order chi connectivity index (χ1) is 17.0. The molecular weight excluding hydrogens is 471 g/mol. The molecule has 0 saturated heterocycles. The second kappa shape index (κ2) is 9.63. The summed E-state index contributed by atoms with van der Waals surface area (Å²) < 4.78 is 13.3. The van der Waals surface area contributed by atoms with Crippen molar-refractivity contribution in [2.75, 3.05) is 13.1 Å². The fourth-order valence-electron chi connectivity index (χ4n) is 3.93. The summed E-state index contributed by atoms with van der Waals surface area (Å²) in [6.45, 7) is 0.947. The largest absolute Gasteiger partial charge is 0.347 e. The highest BCUT2D eigenvalue weighted by atomic mass is 32.1. The first-order valence-corrected chi connectivity index (χ1v) is 11.8. The van der Waals surface area contributed by atoms with E-state index in [0.29, 0.717) is 35.5 Å². The second-order valence-corrected chi connectivity index (χ2v) is 9.31. The monoisotopic (exact) mass is 492 g/mol. The zero-order valence-electron chi connectivity index (χ0n) is 18.5. The van der Waals surface area contributed by atoms with Crippen LogP contribution in [0.3, 0.4) is 0 Å². The number of H-pyrrole nitrogens is 1. The SMILES string of the molecule is O=C(NCC(=O)N1CCc2sc(C(=O)NCc3cncc(F)c3)cc2C1)c1ccc2[nH]ncc2c1. The number of carbonyl (C=O) groups is 3. The summed E-state index contributed by atoms with van der Waals surface area (Å²) in [4.78, 5) is 44.8. The van der Waals surface area contributed by atoms with Gasteiger partial charge in [0.05, 0.1) is 29.3 Å². The summed E-state index contributed by atoms with van der Waals surface area (Å²) in [6.07, 6.45) is 4.88. The van der Waals surface area contributed by atoms with Crippen LogP contribution in [0.4, 0.5) is 4.39 Å². The van der Waals surface area contributed by atoms with Crippen molar-refractivity contribution in [1.82, 2.24) is 30.7 Å². The number of amides is 3. The zero-order valence-corrected chi connectivity index (χ0v) is 19.3. The van der Waals surface area contributed by atoms with E-state index in [9.17, 15) is 18.8 Å². The number of rotatable bonds is 6. The van der Waals surface area contributed by atoms with Crippen LogP contribution in [0.15, 0.2) is 48.9 Å². The highest BCUT2D eigenvalue weighted by molar-refractivity contribution is 7.14. The molecule has 1 aliphatic heterocycles. The van der Waals surface area contributed by atoms with Gasteiger partial charge in [-0.15, -0.1) is 11.3 Å². The molecule has 0 unspecified atom stereocenters. The number of aromatic nitrogens is 3. The van der Waals surface area contributed by atoms with Gasteiger partial charge in [-0.3, -0.25) is 24.5 Å². The maximum Gasteiger partial charge on any atom is 0.261 e. The Morgan fingerprint density at radius 3 is 2.83 bits per heavy atom. The molecule has 1 aromatic carbocycles. The summed E-state index contributed by atoms with van der Waals surface area (Å²) in [5, 5.41) is 13.0. The van der Waals surface area contributed by atoms with Crippen molar-refractivity contribution in [1.29, 1.82) is 0 Å². The zero-order chi connectivity index (χ0) is 24.4. The van der Waals surface area contributed by atoms with Gasteiger partial charge in [0.25, 0.3) is 11.8 Å². The lowest BCUT2D eigenvalue weighted by atomic mass is 10.1. The van der Waals surface area contributed by atoms with E-state index < -0.39 is 5.82 Å². The topological polar surface area (TPSA) is 120 Å². The van der Waals surface area contributed by atoms with Crippen molar-refractivity contribution in [2.24, 2.45) is 0 Å². The van der Waals surface area contributed by atoms with Gasteiger partial charge in [-0.1, -0.05) is 0 Å². The van der Waals surface area contributed by atoms with Crippen LogP contribution in [0, 0.1) is 5.82 Å². The Labute approximate surface area is 203 Å². The van der Waals surface area contributed by atoms with E-state index in [-0.39, 0.29) is 30.8 Å². The number of fused-ring (bicyclic) bond motifs is 2. The molecule has 0 fully saturated rings. The molecule has 0 bridgehead atoms. The van der Waals surface area contributed by atoms with Gasteiger partial charge in [0.1, 0.15) is 5.82 Å². The summed E-state index contributed by atoms with van der Waals surface area (Å²) in [5.41, 5.74) is 2.78. The van der Waals surface area contributed by atoms with E-state index in [4.69, 9.17) is 0 Å². The lowest BCUT2D eigenvalue weighted by molar-refractivity contribution is -0.131. The van der Waals surface area contributed by atoms with E-state index in [1.807, 2.05) is 0 Å². The van der Waals surface area contributed by atoms with Crippen LogP contribution in [0.5, 0.6) is 0 Å². The molecular formula is C24H21FN6O3S. The van der Waals surface area contributed by atoms with E-state index in [1.54, 1.807) is 35.4 Å². The predicted molar refractivity (Wildman–Crippen MR) is 127 cm³/mol. The fourth-order valence-corrected chi connectivity index (χ4v) is 5.01. The van der Waals surface area contributed by atoms with Gasteiger partial charge in [0.2, 0.25) is 5.91 Å². The van der Waals surface area contributed by atoms with E-state index >= 15 is 0 Å². The molecule has 11 heteroatoms. The summed E-state index contributed by atoms with van der Waals surface area (Å²) in [6, 6.07) is 8.28. The van der Waals surface area contributed by atoms with Crippen LogP contribution >= 0.6 is 11.3 Å². The number of pyridine rings is 1. The van der Waals surface area contributed by atoms with Crippen molar-refractivity contribution in [2.45, 2.75) is 19.5 Å². The Bertz CT molecular complexity index is 1430. The fraction of sp³-hybridized carbons (Fsp3) is 0.208. The Kier molecular flexibility index (Phi) is 6.23. The van der Waals surface area contributed by atoms with Gasteiger partial charge in [-0.25, -0.2) is 4.39 Å². The number of aromatic amines is 1. The summed E-state index contributed by atoms with van der Waals surface area (Å²) >= 11 is 1.40. The van der Waals surface area contributed by atoms with Crippen LogP contribution in [-0.2, 0) is 24.3 Å². The Morgan fingerprint density at radius 2 is 1.97 bits per heavy atom. The lowest BCUT2D eigenvalue weighted by Gasteiger charge is -2.27. The molecule has 0 spiro atoms. The molecule has 0 radical (unpaired) electrons. The second-order valence-electron chi connectivity index (χ2n) is 8.17. The highest BCUT2D eigenvalue weighted by Gasteiger charge is 2.24. The molecule has 3 N–H and O–H groups in total. The standard InChI is InChI=1S/C24H21FN6O3S/c25-18-5-14(8-26-11-18)9-27-24(34)21-7-17-13-31(4-3-20(17)35-21)22(32)12-28-23(33)15-1-2-19-16(6-15)10-29-30-19/h1-2,5-8,10-11H,3-4,9,12-13H2,(H,27,34)(H,28,33)(H,29,30). The van der Waals surface area contributed by atoms with Crippen molar-refractivity contribution < 1.29 is 18.8 Å². The average molecular weight is 493 g/mol. The molecule has 0 saturated carbocycles. The molecule has 3 amide bonds. The van der Waals surface area contributed by atoms with Crippen LogP contribution < -0.4 is 10.6 Å². The van der Waals surface area contributed by atoms with Crippen LogP contribution in [-0.4, -0.2) is 50.9 Å². The van der Waals surface area contributed by atoms with Crippen LogP contribution in [0.1, 0.15) is 36.0 Å². The summed E-state index contributed by atoms with van der Waals surface area (Å²) in [7, 11) is 0. The van der Waals surface area contributed by atoms with Crippen molar-refractivity contribution in [3.63, 3.8) is 0 Å². The predicted octanol–water partition coefficient (Wildman–Crippen LogP) is 2.40. The Hall–Kier alpha value is -4.12. The third-order valence-corrected chi connectivity index (χ3v) is 7.00. The quantitative estimate of drug-likeness (QED) is 0.382. The maximum atomic E-state index is 13.3.